The molecule has 0 saturated heterocycles. The SMILES string of the molecule is CCC1CCC(c2noc(CNCCOC)n2)CC1. The molecule has 1 N–H and O–H groups in total. The quantitative estimate of drug-likeness (QED) is 0.769. The number of rotatable bonds is 7. The lowest BCUT2D eigenvalue weighted by Gasteiger charge is -2.25. The van der Waals surface area contributed by atoms with Gasteiger partial charge in [-0.2, -0.15) is 4.98 Å². The van der Waals surface area contributed by atoms with Gasteiger partial charge in [-0.15, -0.1) is 0 Å². The van der Waals surface area contributed by atoms with Gasteiger partial charge in [0, 0.05) is 19.6 Å². The zero-order valence-corrected chi connectivity index (χ0v) is 12.0. The first-order valence-electron chi connectivity index (χ1n) is 7.35. The highest BCUT2D eigenvalue weighted by atomic mass is 16.5. The summed E-state index contributed by atoms with van der Waals surface area (Å²) >= 11 is 0. The Hall–Kier alpha value is -0.940. The summed E-state index contributed by atoms with van der Waals surface area (Å²) in [5.74, 6) is 2.99. The van der Waals surface area contributed by atoms with Gasteiger partial charge in [-0.1, -0.05) is 18.5 Å². The monoisotopic (exact) mass is 267 g/mol. The highest BCUT2D eigenvalue weighted by Crippen LogP contribution is 2.35. The molecule has 5 heteroatoms. The van der Waals surface area contributed by atoms with E-state index in [4.69, 9.17) is 9.26 Å². The van der Waals surface area contributed by atoms with Crippen LogP contribution in [0.25, 0.3) is 0 Å². The summed E-state index contributed by atoms with van der Waals surface area (Å²) < 4.78 is 10.3. The van der Waals surface area contributed by atoms with Crippen molar-refractivity contribution in [2.75, 3.05) is 20.3 Å². The van der Waals surface area contributed by atoms with E-state index < -0.39 is 0 Å². The average molecular weight is 267 g/mol. The van der Waals surface area contributed by atoms with E-state index in [0.717, 1.165) is 18.3 Å². The zero-order chi connectivity index (χ0) is 13.5. The minimum atomic E-state index is 0.499. The highest BCUT2D eigenvalue weighted by molar-refractivity contribution is 4.97. The maximum absolute atomic E-state index is 5.29. The van der Waals surface area contributed by atoms with Crippen LogP contribution in [-0.4, -0.2) is 30.4 Å². The molecule has 0 amide bonds. The van der Waals surface area contributed by atoms with Crippen LogP contribution >= 0.6 is 0 Å². The summed E-state index contributed by atoms with van der Waals surface area (Å²) in [5.41, 5.74) is 0. The van der Waals surface area contributed by atoms with E-state index in [0.29, 0.717) is 25.0 Å². The fourth-order valence-electron chi connectivity index (χ4n) is 2.70. The molecule has 1 aromatic rings. The van der Waals surface area contributed by atoms with E-state index >= 15 is 0 Å². The molecule has 0 radical (unpaired) electrons. The lowest BCUT2D eigenvalue weighted by molar-refractivity contribution is 0.197. The second-order valence-electron chi connectivity index (χ2n) is 5.34. The minimum absolute atomic E-state index is 0.499. The Bertz CT molecular complexity index is 359. The van der Waals surface area contributed by atoms with Crippen LogP contribution in [0.4, 0.5) is 0 Å². The molecule has 1 heterocycles. The third-order valence-corrected chi connectivity index (χ3v) is 4.03. The van der Waals surface area contributed by atoms with Crippen LogP contribution < -0.4 is 5.32 Å². The van der Waals surface area contributed by atoms with Gasteiger partial charge in [0.05, 0.1) is 13.2 Å². The fraction of sp³-hybridized carbons (Fsp3) is 0.857. The van der Waals surface area contributed by atoms with Crippen molar-refractivity contribution in [3.63, 3.8) is 0 Å². The number of hydrogen-bond donors (Lipinski definition) is 1. The van der Waals surface area contributed by atoms with Crippen molar-refractivity contribution in [3.05, 3.63) is 11.7 Å². The summed E-state index contributed by atoms with van der Waals surface area (Å²) in [7, 11) is 1.69. The first kappa shape index (κ1) is 14.5. The normalized spacial score (nSPS) is 23.7. The third-order valence-electron chi connectivity index (χ3n) is 4.03. The van der Waals surface area contributed by atoms with Crippen molar-refractivity contribution in [1.29, 1.82) is 0 Å². The number of aromatic nitrogens is 2. The molecule has 0 bridgehead atoms. The first-order chi connectivity index (χ1) is 9.33. The molecule has 1 aliphatic rings. The molecule has 1 fully saturated rings. The predicted molar refractivity (Wildman–Crippen MR) is 72.9 cm³/mol. The van der Waals surface area contributed by atoms with Crippen molar-refractivity contribution >= 4 is 0 Å². The van der Waals surface area contributed by atoms with Crippen LogP contribution in [0.15, 0.2) is 4.52 Å². The summed E-state index contributed by atoms with van der Waals surface area (Å²) in [6.45, 7) is 4.40. The second-order valence-corrected chi connectivity index (χ2v) is 5.34. The average Bonchev–Trinajstić information content (AvgIpc) is 2.92. The van der Waals surface area contributed by atoms with Gasteiger partial charge in [0.25, 0.3) is 0 Å². The minimum Gasteiger partial charge on any atom is -0.383 e. The van der Waals surface area contributed by atoms with Gasteiger partial charge in [0.1, 0.15) is 0 Å². The maximum Gasteiger partial charge on any atom is 0.240 e. The molecule has 0 atom stereocenters. The first-order valence-corrected chi connectivity index (χ1v) is 7.35. The largest absolute Gasteiger partial charge is 0.383 e. The van der Waals surface area contributed by atoms with E-state index in [1.807, 2.05) is 0 Å². The standard InChI is InChI=1S/C14H25N3O2/c1-3-11-4-6-12(7-5-11)14-16-13(19-17-14)10-15-8-9-18-2/h11-12,15H,3-10H2,1-2H3. The molecule has 19 heavy (non-hydrogen) atoms. The molecular weight excluding hydrogens is 242 g/mol. The Morgan fingerprint density at radius 1 is 1.32 bits per heavy atom. The molecular formula is C14H25N3O2. The Kier molecular flexibility index (Phi) is 5.79. The smallest absolute Gasteiger partial charge is 0.240 e. The molecule has 0 spiro atoms. The maximum atomic E-state index is 5.29. The van der Waals surface area contributed by atoms with Crippen LogP contribution in [0.1, 0.15) is 56.7 Å². The van der Waals surface area contributed by atoms with Crippen LogP contribution in [0.3, 0.4) is 0 Å². The van der Waals surface area contributed by atoms with E-state index in [-0.39, 0.29) is 0 Å². The predicted octanol–water partition coefficient (Wildman–Crippen LogP) is 2.49. The molecule has 1 saturated carbocycles. The van der Waals surface area contributed by atoms with Crippen molar-refractivity contribution in [3.8, 4) is 0 Å². The summed E-state index contributed by atoms with van der Waals surface area (Å²) in [6, 6.07) is 0. The second kappa shape index (κ2) is 7.60. The van der Waals surface area contributed by atoms with Crippen LogP contribution in [0.5, 0.6) is 0 Å². The lowest BCUT2D eigenvalue weighted by Crippen LogP contribution is -2.19. The van der Waals surface area contributed by atoms with E-state index in [1.165, 1.54) is 32.1 Å². The number of nitrogens with one attached hydrogen (secondary N) is 1. The molecule has 0 aromatic carbocycles. The molecule has 5 nitrogen and oxygen atoms in total. The van der Waals surface area contributed by atoms with Gasteiger partial charge in [-0.25, -0.2) is 0 Å². The molecule has 108 valence electrons. The van der Waals surface area contributed by atoms with Crippen LogP contribution in [-0.2, 0) is 11.3 Å². The Morgan fingerprint density at radius 3 is 2.79 bits per heavy atom. The van der Waals surface area contributed by atoms with Crippen LogP contribution in [0.2, 0.25) is 0 Å². The van der Waals surface area contributed by atoms with Crippen molar-refractivity contribution < 1.29 is 9.26 Å². The van der Waals surface area contributed by atoms with Crippen molar-refractivity contribution in [1.82, 2.24) is 15.5 Å². The Morgan fingerprint density at radius 2 is 2.11 bits per heavy atom. The van der Waals surface area contributed by atoms with Gasteiger partial charge in [0.2, 0.25) is 5.89 Å². The van der Waals surface area contributed by atoms with Crippen molar-refractivity contribution in [2.24, 2.45) is 5.92 Å². The number of nitrogens with zero attached hydrogens (tertiary/aromatic N) is 2. The number of methoxy groups -OCH3 is 1. The molecule has 1 aliphatic carbocycles. The summed E-state index contributed by atoms with van der Waals surface area (Å²) in [4.78, 5) is 4.50. The van der Waals surface area contributed by atoms with E-state index in [9.17, 15) is 0 Å². The van der Waals surface area contributed by atoms with Gasteiger partial charge >= 0.3 is 0 Å². The third kappa shape index (κ3) is 4.28. The topological polar surface area (TPSA) is 60.2 Å². The van der Waals surface area contributed by atoms with Gasteiger partial charge in [0.15, 0.2) is 5.82 Å². The molecule has 0 aliphatic heterocycles. The van der Waals surface area contributed by atoms with Crippen molar-refractivity contribution in [2.45, 2.75) is 51.5 Å². The van der Waals surface area contributed by atoms with Gasteiger partial charge in [-0.3, -0.25) is 0 Å². The zero-order valence-electron chi connectivity index (χ0n) is 12.0. The number of hydrogen-bond acceptors (Lipinski definition) is 5. The Balaban J connectivity index is 1.77. The van der Waals surface area contributed by atoms with E-state index in [2.05, 4.69) is 22.4 Å². The molecule has 2 rings (SSSR count). The summed E-state index contributed by atoms with van der Waals surface area (Å²) in [5, 5.41) is 7.35. The van der Waals surface area contributed by atoms with Crippen LogP contribution in [0, 0.1) is 5.92 Å². The number of ether oxygens (including phenoxy) is 1. The molecule has 0 unspecified atom stereocenters. The lowest BCUT2D eigenvalue weighted by atomic mass is 9.80. The summed E-state index contributed by atoms with van der Waals surface area (Å²) in [6.07, 6.45) is 6.31. The van der Waals surface area contributed by atoms with Gasteiger partial charge < -0.3 is 14.6 Å². The van der Waals surface area contributed by atoms with Gasteiger partial charge in [-0.05, 0) is 31.6 Å². The molecule has 1 aromatic heterocycles. The highest BCUT2D eigenvalue weighted by Gasteiger charge is 2.24. The Labute approximate surface area is 115 Å². The van der Waals surface area contributed by atoms with E-state index in [1.54, 1.807) is 7.11 Å². The fourth-order valence-corrected chi connectivity index (χ4v) is 2.70.